The molecule has 1 aromatic rings. The van der Waals surface area contributed by atoms with E-state index in [4.69, 9.17) is 23.2 Å². The molecule has 1 unspecified atom stereocenters. The molecule has 0 radical (unpaired) electrons. The van der Waals surface area contributed by atoms with Crippen molar-refractivity contribution in [3.63, 3.8) is 0 Å². The van der Waals surface area contributed by atoms with E-state index in [1.807, 2.05) is 13.0 Å². The number of rotatable bonds is 8. The lowest BCUT2D eigenvalue weighted by Gasteiger charge is -2.19. The zero-order valence-corrected chi connectivity index (χ0v) is 13.9. The number of hydrogen-bond acceptors (Lipinski definition) is 3. The third-order valence-corrected chi connectivity index (χ3v) is 4.90. The van der Waals surface area contributed by atoms with Crippen LogP contribution < -0.4 is 10.0 Å². The lowest BCUT2D eigenvalue weighted by atomic mass is 10.0. The van der Waals surface area contributed by atoms with E-state index in [2.05, 4.69) is 10.0 Å². The van der Waals surface area contributed by atoms with Crippen molar-refractivity contribution in [1.82, 2.24) is 10.0 Å². The normalized spacial score (nSPS) is 13.4. The van der Waals surface area contributed by atoms with E-state index >= 15 is 0 Å². The van der Waals surface area contributed by atoms with E-state index in [-0.39, 0.29) is 11.8 Å². The zero-order chi connectivity index (χ0) is 15.2. The molecule has 1 aromatic carbocycles. The van der Waals surface area contributed by atoms with Gasteiger partial charge in [-0.3, -0.25) is 0 Å². The van der Waals surface area contributed by atoms with E-state index < -0.39 is 10.0 Å². The van der Waals surface area contributed by atoms with Gasteiger partial charge in [-0.05, 0) is 24.1 Å². The fourth-order valence-electron chi connectivity index (χ4n) is 1.92. The predicted molar refractivity (Wildman–Crippen MR) is 85.0 cm³/mol. The van der Waals surface area contributed by atoms with Crippen molar-refractivity contribution in [2.24, 2.45) is 0 Å². The van der Waals surface area contributed by atoms with Gasteiger partial charge in [0.2, 0.25) is 10.0 Å². The molecule has 114 valence electrons. The van der Waals surface area contributed by atoms with Gasteiger partial charge in [-0.25, -0.2) is 13.1 Å². The molecule has 2 N–H and O–H groups in total. The summed E-state index contributed by atoms with van der Waals surface area (Å²) in [5, 5.41) is 4.39. The van der Waals surface area contributed by atoms with Crippen molar-refractivity contribution < 1.29 is 8.42 Å². The Morgan fingerprint density at radius 3 is 2.50 bits per heavy atom. The molecule has 1 rings (SSSR count). The summed E-state index contributed by atoms with van der Waals surface area (Å²) >= 11 is 12.0. The van der Waals surface area contributed by atoms with Crippen LogP contribution in [0.5, 0.6) is 0 Å². The maximum atomic E-state index is 11.6. The summed E-state index contributed by atoms with van der Waals surface area (Å²) in [5.41, 5.74) is 0.930. The third kappa shape index (κ3) is 5.58. The summed E-state index contributed by atoms with van der Waals surface area (Å²) in [5.74, 6) is 0.0442. The Bertz CT molecular complexity index is 535. The molecular formula is C13H20Cl2N2O2S. The molecule has 0 amide bonds. The first-order chi connectivity index (χ1) is 9.39. The maximum absolute atomic E-state index is 11.6. The van der Waals surface area contributed by atoms with Crippen molar-refractivity contribution in [3.8, 4) is 0 Å². The second kappa shape index (κ2) is 8.20. The second-order valence-electron chi connectivity index (χ2n) is 4.40. The van der Waals surface area contributed by atoms with Gasteiger partial charge < -0.3 is 5.32 Å². The minimum atomic E-state index is -3.20. The summed E-state index contributed by atoms with van der Waals surface area (Å²) in [6.45, 7) is 4.55. The number of halogens is 2. The van der Waals surface area contributed by atoms with Crippen LogP contribution in [0.4, 0.5) is 0 Å². The Morgan fingerprint density at radius 2 is 1.95 bits per heavy atom. The van der Waals surface area contributed by atoms with Crippen LogP contribution in [0.25, 0.3) is 0 Å². The van der Waals surface area contributed by atoms with Gasteiger partial charge in [0, 0.05) is 29.2 Å². The average molecular weight is 339 g/mol. The van der Waals surface area contributed by atoms with Gasteiger partial charge in [0.25, 0.3) is 0 Å². The molecule has 0 heterocycles. The van der Waals surface area contributed by atoms with Crippen LogP contribution in [0.1, 0.15) is 31.9 Å². The zero-order valence-electron chi connectivity index (χ0n) is 11.6. The monoisotopic (exact) mass is 338 g/mol. The molecule has 0 bridgehead atoms. The van der Waals surface area contributed by atoms with Gasteiger partial charge in [-0.15, -0.1) is 0 Å². The molecular weight excluding hydrogens is 319 g/mol. The SMILES string of the molecule is CCNS(=O)(=O)CCNC(CC)c1ccc(Cl)cc1Cl. The average Bonchev–Trinajstić information content (AvgIpc) is 2.35. The van der Waals surface area contributed by atoms with Gasteiger partial charge >= 0.3 is 0 Å². The van der Waals surface area contributed by atoms with Crippen molar-refractivity contribution >= 4 is 33.2 Å². The quantitative estimate of drug-likeness (QED) is 0.766. The van der Waals surface area contributed by atoms with E-state index in [1.165, 1.54) is 0 Å². The van der Waals surface area contributed by atoms with Crippen LogP contribution in [0.15, 0.2) is 18.2 Å². The second-order valence-corrected chi connectivity index (χ2v) is 7.17. The van der Waals surface area contributed by atoms with Crippen LogP contribution in [0, 0.1) is 0 Å². The molecule has 20 heavy (non-hydrogen) atoms. The number of benzene rings is 1. The molecule has 0 aliphatic heterocycles. The molecule has 7 heteroatoms. The van der Waals surface area contributed by atoms with Gasteiger partial charge in [0.1, 0.15) is 0 Å². The number of nitrogens with one attached hydrogen (secondary N) is 2. The lowest BCUT2D eigenvalue weighted by Crippen LogP contribution is -2.33. The standard InChI is InChI=1S/C13H20Cl2N2O2S/c1-3-13(11-6-5-10(14)9-12(11)15)16-7-8-20(18,19)17-4-2/h5-6,9,13,16-17H,3-4,7-8H2,1-2H3. The smallest absolute Gasteiger partial charge is 0.212 e. The predicted octanol–water partition coefficient (Wildman–Crippen LogP) is 2.97. The van der Waals surface area contributed by atoms with Crippen molar-refractivity contribution in [1.29, 1.82) is 0 Å². The van der Waals surface area contributed by atoms with Crippen molar-refractivity contribution in [2.45, 2.75) is 26.3 Å². The first-order valence-electron chi connectivity index (χ1n) is 6.55. The molecule has 0 fully saturated rings. The molecule has 1 atom stereocenters. The Labute approximate surface area is 130 Å². The summed E-state index contributed by atoms with van der Waals surface area (Å²) < 4.78 is 25.6. The Hall–Kier alpha value is -0.330. The highest BCUT2D eigenvalue weighted by Crippen LogP contribution is 2.27. The Morgan fingerprint density at radius 1 is 1.25 bits per heavy atom. The topological polar surface area (TPSA) is 58.2 Å². The lowest BCUT2D eigenvalue weighted by molar-refractivity contribution is 0.529. The fourth-order valence-corrected chi connectivity index (χ4v) is 3.43. The van der Waals surface area contributed by atoms with E-state index in [9.17, 15) is 8.42 Å². The highest BCUT2D eigenvalue weighted by atomic mass is 35.5. The molecule has 0 saturated heterocycles. The summed E-state index contributed by atoms with van der Waals surface area (Å²) in [6.07, 6.45) is 0.808. The first kappa shape index (κ1) is 17.7. The van der Waals surface area contributed by atoms with Crippen molar-refractivity contribution in [3.05, 3.63) is 33.8 Å². The third-order valence-electron chi connectivity index (χ3n) is 2.87. The summed E-state index contributed by atoms with van der Waals surface area (Å²) in [6, 6.07) is 5.35. The molecule has 0 aliphatic carbocycles. The van der Waals surface area contributed by atoms with Gasteiger partial charge in [-0.2, -0.15) is 0 Å². The molecule has 0 spiro atoms. The number of sulfonamides is 1. The van der Waals surface area contributed by atoms with Crippen molar-refractivity contribution in [2.75, 3.05) is 18.8 Å². The minimum Gasteiger partial charge on any atom is -0.309 e. The summed E-state index contributed by atoms with van der Waals surface area (Å²) in [7, 11) is -3.20. The summed E-state index contributed by atoms with van der Waals surface area (Å²) in [4.78, 5) is 0. The highest BCUT2D eigenvalue weighted by Gasteiger charge is 2.14. The van der Waals surface area contributed by atoms with Crippen LogP contribution in [0.3, 0.4) is 0 Å². The molecule has 0 aliphatic rings. The van der Waals surface area contributed by atoms with Gasteiger partial charge in [0.05, 0.1) is 5.75 Å². The van der Waals surface area contributed by atoms with Crippen LogP contribution in [-0.2, 0) is 10.0 Å². The highest BCUT2D eigenvalue weighted by molar-refractivity contribution is 7.89. The Balaban J connectivity index is 2.64. The fraction of sp³-hybridized carbons (Fsp3) is 0.538. The largest absolute Gasteiger partial charge is 0.309 e. The molecule has 0 aromatic heterocycles. The van der Waals surface area contributed by atoms with Crippen LogP contribution in [-0.4, -0.2) is 27.3 Å². The van der Waals surface area contributed by atoms with E-state index in [0.717, 1.165) is 12.0 Å². The Kier molecular flexibility index (Phi) is 7.26. The maximum Gasteiger partial charge on any atom is 0.212 e. The van der Waals surface area contributed by atoms with Gasteiger partial charge in [-0.1, -0.05) is 43.1 Å². The van der Waals surface area contributed by atoms with Crippen LogP contribution >= 0.6 is 23.2 Å². The number of hydrogen-bond donors (Lipinski definition) is 2. The molecule has 0 saturated carbocycles. The van der Waals surface area contributed by atoms with E-state index in [0.29, 0.717) is 23.1 Å². The van der Waals surface area contributed by atoms with Gasteiger partial charge in [0.15, 0.2) is 0 Å². The van der Waals surface area contributed by atoms with E-state index in [1.54, 1.807) is 19.1 Å². The minimum absolute atomic E-state index is 0.0107. The van der Waals surface area contributed by atoms with Crippen LogP contribution in [0.2, 0.25) is 10.0 Å². The molecule has 4 nitrogen and oxygen atoms in total. The first-order valence-corrected chi connectivity index (χ1v) is 8.96.